The number of methoxy groups -OCH3 is 1. The van der Waals surface area contributed by atoms with Crippen molar-refractivity contribution in [2.75, 3.05) is 13.7 Å². The lowest BCUT2D eigenvalue weighted by Gasteiger charge is -2.37. The standard InChI is InChI=1S/C21H26FNO2S/c1-25-20-8-5-6-17(16-20)9-12-19-7-3-4-15-23(19)26(2,24)21-13-10-18(22)11-14-21/h5-6,8,10-11,13-14,16,19H,2-4,7,9,12,15H2,1H3. The van der Waals surface area contributed by atoms with E-state index >= 15 is 0 Å². The quantitative estimate of drug-likeness (QED) is 0.704. The predicted molar refractivity (Wildman–Crippen MR) is 106 cm³/mol. The van der Waals surface area contributed by atoms with E-state index in [1.165, 1.54) is 17.7 Å². The molecule has 1 heterocycles. The fourth-order valence-electron chi connectivity index (χ4n) is 3.59. The minimum absolute atomic E-state index is 0.213. The third kappa shape index (κ3) is 4.27. The molecule has 1 aliphatic rings. The SMILES string of the molecule is C=S(=O)(c1ccc(F)cc1)N1CCCCC1CCc1cccc(OC)c1. The molecule has 3 rings (SSSR count). The highest BCUT2D eigenvalue weighted by Gasteiger charge is 2.29. The Bertz CT molecular complexity index is 833. The third-order valence-electron chi connectivity index (χ3n) is 5.03. The molecule has 0 saturated carbocycles. The first-order valence-electron chi connectivity index (χ1n) is 9.03. The molecule has 1 aliphatic heterocycles. The van der Waals surface area contributed by atoms with Crippen LogP contribution in [0.4, 0.5) is 4.39 Å². The Morgan fingerprint density at radius 2 is 2.00 bits per heavy atom. The molecular formula is C21H26FNO2S. The van der Waals surface area contributed by atoms with Crippen LogP contribution in [0.2, 0.25) is 0 Å². The van der Waals surface area contributed by atoms with E-state index < -0.39 is 9.71 Å². The molecule has 2 unspecified atom stereocenters. The number of piperidine rings is 1. The van der Waals surface area contributed by atoms with Crippen LogP contribution in [0, 0.1) is 5.82 Å². The van der Waals surface area contributed by atoms with Gasteiger partial charge in [-0.2, -0.15) is 0 Å². The highest BCUT2D eigenvalue weighted by Crippen LogP contribution is 2.28. The van der Waals surface area contributed by atoms with Crippen LogP contribution >= 0.6 is 0 Å². The van der Waals surface area contributed by atoms with Gasteiger partial charge in [-0.3, -0.25) is 0 Å². The molecule has 0 aliphatic carbocycles. The summed E-state index contributed by atoms with van der Waals surface area (Å²) in [6.45, 7) is 0.766. The minimum Gasteiger partial charge on any atom is -0.497 e. The molecule has 0 radical (unpaired) electrons. The van der Waals surface area contributed by atoms with Gasteiger partial charge in [0, 0.05) is 17.5 Å². The largest absolute Gasteiger partial charge is 0.497 e. The smallest absolute Gasteiger partial charge is 0.123 e. The summed E-state index contributed by atoms with van der Waals surface area (Å²) >= 11 is 0. The molecule has 0 N–H and O–H groups in total. The Hall–Kier alpha value is -1.85. The van der Waals surface area contributed by atoms with Crippen molar-refractivity contribution in [2.24, 2.45) is 0 Å². The number of aryl methyl sites for hydroxylation is 1. The molecule has 1 saturated heterocycles. The number of hydrogen-bond acceptors (Lipinski definition) is 2. The van der Waals surface area contributed by atoms with E-state index in [1.807, 2.05) is 16.4 Å². The van der Waals surface area contributed by atoms with Gasteiger partial charge in [-0.15, -0.1) is 0 Å². The Balaban J connectivity index is 1.75. The van der Waals surface area contributed by atoms with Crippen LogP contribution in [0.5, 0.6) is 5.75 Å². The highest BCUT2D eigenvalue weighted by molar-refractivity contribution is 7.98. The molecule has 0 bridgehead atoms. The zero-order valence-electron chi connectivity index (χ0n) is 15.2. The molecule has 2 aromatic carbocycles. The van der Waals surface area contributed by atoms with Crippen molar-refractivity contribution in [2.45, 2.75) is 43.0 Å². The van der Waals surface area contributed by atoms with Crippen molar-refractivity contribution >= 4 is 15.6 Å². The Morgan fingerprint density at radius 1 is 1.23 bits per heavy atom. The molecular weight excluding hydrogens is 349 g/mol. The van der Waals surface area contributed by atoms with E-state index in [2.05, 4.69) is 18.0 Å². The summed E-state index contributed by atoms with van der Waals surface area (Å²) in [6, 6.07) is 14.2. The summed E-state index contributed by atoms with van der Waals surface area (Å²) in [5, 5.41) is 0. The van der Waals surface area contributed by atoms with Gasteiger partial charge in [-0.1, -0.05) is 18.6 Å². The molecule has 5 heteroatoms. The molecule has 1 fully saturated rings. The van der Waals surface area contributed by atoms with Crippen molar-refractivity contribution in [3.05, 3.63) is 59.9 Å². The minimum atomic E-state index is -2.60. The lowest BCUT2D eigenvalue weighted by molar-refractivity contribution is 0.250. The van der Waals surface area contributed by atoms with Crippen molar-refractivity contribution in [3.8, 4) is 5.75 Å². The van der Waals surface area contributed by atoms with E-state index in [0.717, 1.165) is 44.4 Å². The lowest BCUT2D eigenvalue weighted by Crippen LogP contribution is -2.43. The average molecular weight is 376 g/mol. The van der Waals surface area contributed by atoms with Gasteiger partial charge in [-0.25, -0.2) is 12.9 Å². The second-order valence-corrected chi connectivity index (χ2v) is 9.00. The Kier molecular flexibility index (Phi) is 5.99. The van der Waals surface area contributed by atoms with Crippen LogP contribution in [-0.2, 0) is 16.1 Å². The van der Waals surface area contributed by atoms with Crippen molar-refractivity contribution in [1.29, 1.82) is 0 Å². The normalized spacial score (nSPS) is 20.5. The van der Waals surface area contributed by atoms with Gasteiger partial charge in [0.15, 0.2) is 0 Å². The molecule has 0 spiro atoms. The fraction of sp³-hybridized carbons (Fsp3) is 0.381. The second kappa shape index (κ2) is 8.23. The maximum absolute atomic E-state index is 13.4. The van der Waals surface area contributed by atoms with Gasteiger partial charge >= 0.3 is 0 Å². The number of hydrogen-bond donors (Lipinski definition) is 0. The summed E-state index contributed by atoms with van der Waals surface area (Å²) in [5.41, 5.74) is 1.22. The summed E-state index contributed by atoms with van der Waals surface area (Å²) < 4.78 is 34.0. The van der Waals surface area contributed by atoms with Crippen LogP contribution in [0.1, 0.15) is 31.2 Å². The third-order valence-corrected chi connectivity index (χ3v) is 7.28. The van der Waals surface area contributed by atoms with Crippen LogP contribution in [0.3, 0.4) is 0 Å². The van der Waals surface area contributed by atoms with Gasteiger partial charge in [0.2, 0.25) is 0 Å². The predicted octanol–water partition coefficient (Wildman–Crippen LogP) is 4.31. The molecule has 2 atom stereocenters. The van der Waals surface area contributed by atoms with Crippen molar-refractivity contribution in [3.63, 3.8) is 0 Å². The summed E-state index contributed by atoms with van der Waals surface area (Å²) in [5.74, 6) is 4.57. The van der Waals surface area contributed by atoms with E-state index in [0.29, 0.717) is 4.90 Å². The summed E-state index contributed by atoms with van der Waals surface area (Å²) in [7, 11) is -0.934. The summed E-state index contributed by atoms with van der Waals surface area (Å²) in [6.07, 6.45) is 4.98. The lowest BCUT2D eigenvalue weighted by atomic mass is 9.98. The van der Waals surface area contributed by atoms with Gasteiger partial charge in [0.25, 0.3) is 0 Å². The number of ether oxygens (including phenoxy) is 1. The Morgan fingerprint density at radius 3 is 2.73 bits per heavy atom. The van der Waals surface area contributed by atoms with Crippen LogP contribution in [-0.4, -0.2) is 34.1 Å². The van der Waals surface area contributed by atoms with E-state index in [-0.39, 0.29) is 11.9 Å². The van der Waals surface area contributed by atoms with Gasteiger partial charge in [-0.05, 0) is 73.5 Å². The van der Waals surface area contributed by atoms with E-state index in [9.17, 15) is 8.60 Å². The second-order valence-electron chi connectivity index (χ2n) is 6.77. The van der Waals surface area contributed by atoms with E-state index in [1.54, 1.807) is 19.2 Å². The van der Waals surface area contributed by atoms with E-state index in [4.69, 9.17) is 4.74 Å². The molecule has 3 nitrogen and oxygen atoms in total. The van der Waals surface area contributed by atoms with Crippen molar-refractivity contribution in [1.82, 2.24) is 4.31 Å². The average Bonchev–Trinajstić information content (AvgIpc) is 2.67. The zero-order chi connectivity index (χ0) is 18.6. The highest BCUT2D eigenvalue weighted by atomic mass is 32.2. The first-order chi connectivity index (χ1) is 12.5. The molecule has 140 valence electrons. The fourth-order valence-corrected chi connectivity index (χ4v) is 5.54. The van der Waals surface area contributed by atoms with Crippen LogP contribution in [0.15, 0.2) is 53.4 Å². The monoisotopic (exact) mass is 375 g/mol. The molecule has 26 heavy (non-hydrogen) atoms. The van der Waals surface area contributed by atoms with Gasteiger partial charge in [0.05, 0.1) is 16.8 Å². The van der Waals surface area contributed by atoms with Crippen LogP contribution < -0.4 is 4.74 Å². The summed E-state index contributed by atoms with van der Waals surface area (Å²) in [4.78, 5) is 0.604. The first-order valence-corrected chi connectivity index (χ1v) is 10.7. The number of nitrogens with zero attached hydrogens (tertiary/aromatic N) is 1. The number of benzene rings is 2. The first kappa shape index (κ1) is 18.9. The maximum atomic E-state index is 13.4. The number of halogens is 1. The topological polar surface area (TPSA) is 29.5 Å². The number of rotatable bonds is 6. The molecule has 2 aromatic rings. The van der Waals surface area contributed by atoms with Gasteiger partial charge in [0.1, 0.15) is 11.6 Å². The Labute approximate surface area is 155 Å². The van der Waals surface area contributed by atoms with Crippen molar-refractivity contribution < 1.29 is 13.3 Å². The van der Waals surface area contributed by atoms with Gasteiger partial charge < -0.3 is 4.74 Å². The zero-order valence-corrected chi connectivity index (χ0v) is 16.0. The maximum Gasteiger partial charge on any atom is 0.123 e. The van der Waals surface area contributed by atoms with Crippen LogP contribution in [0.25, 0.3) is 0 Å². The molecule has 0 amide bonds. The molecule has 0 aromatic heterocycles.